The second-order valence-corrected chi connectivity index (χ2v) is 7.02. The van der Waals surface area contributed by atoms with Crippen LogP contribution in [0.15, 0.2) is 48.5 Å². The molecule has 0 spiro atoms. The van der Waals surface area contributed by atoms with Gasteiger partial charge in [-0.05, 0) is 24.6 Å². The van der Waals surface area contributed by atoms with Gasteiger partial charge in [-0.1, -0.05) is 30.3 Å². The lowest BCUT2D eigenvalue weighted by Crippen LogP contribution is -2.73. The summed E-state index contributed by atoms with van der Waals surface area (Å²) in [5.41, 5.74) is 1.49. The number of amides is 2. The molecule has 1 heterocycles. The third-order valence-corrected chi connectivity index (χ3v) is 5.05. The first-order valence-corrected chi connectivity index (χ1v) is 10.1. The van der Waals surface area contributed by atoms with E-state index < -0.39 is 30.1 Å². The average molecular weight is 442 g/mol. The van der Waals surface area contributed by atoms with Crippen molar-refractivity contribution in [3.8, 4) is 11.5 Å². The van der Waals surface area contributed by atoms with E-state index in [4.69, 9.17) is 18.9 Å². The maximum absolute atomic E-state index is 12.8. The Balaban J connectivity index is 1.69. The standard InChI is InChI=1S/C23H26N2O7/c1-4-31-22(27)20-19(24-23(28)32-14-15-8-6-5-7-9-15)21(26)25(20)13-16-10-11-17(29-2)12-18(16)30-3/h5-12,19-20H,4,13-14H2,1-3H3,(H,24,28)/t19-,20-/m1/s1. The average Bonchev–Trinajstić information content (AvgIpc) is 2.82. The first kappa shape index (κ1) is 22.9. The van der Waals surface area contributed by atoms with Gasteiger partial charge in [-0.3, -0.25) is 4.79 Å². The van der Waals surface area contributed by atoms with Gasteiger partial charge in [0.05, 0.1) is 27.4 Å². The molecule has 0 saturated carbocycles. The molecular formula is C23H26N2O7. The number of likely N-dealkylation sites (tertiary alicyclic amines) is 1. The number of ether oxygens (including phenoxy) is 4. The van der Waals surface area contributed by atoms with Crippen molar-refractivity contribution in [2.24, 2.45) is 0 Å². The van der Waals surface area contributed by atoms with Crippen LogP contribution in [0.5, 0.6) is 11.5 Å². The molecule has 2 amide bonds. The number of methoxy groups -OCH3 is 2. The Morgan fingerprint density at radius 1 is 1.03 bits per heavy atom. The zero-order valence-electron chi connectivity index (χ0n) is 18.2. The molecule has 32 heavy (non-hydrogen) atoms. The highest BCUT2D eigenvalue weighted by atomic mass is 16.6. The number of nitrogens with zero attached hydrogens (tertiary/aromatic N) is 1. The highest BCUT2D eigenvalue weighted by molar-refractivity contribution is 6.01. The van der Waals surface area contributed by atoms with Crippen molar-refractivity contribution >= 4 is 18.0 Å². The first-order chi connectivity index (χ1) is 15.5. The van der Waals surface area contributed by atoms with Gasteiger partial charge in [-0.15, -0.1) is 0 Å². The fourth-order valence-corrected chi connectivity index (χ4v) is 3.41. The van der Waals surface area contributed by atoms with Crippen LogP contribution in [0.1, 0.15) is 18.1 Å². The van der Waals surface area contributed by atoms with Gasteiger partial charge >= 0.3 is 12.1 Å². The zero-order valence-corrected chi connectivity index (χ0v) is 18.2. The van der Waals surface area contributed by atoms with Crippen LogP contribution in [0.3, 0.4) is 0 Å². The minimum Gasteiger partial charge on any atom is -0.497 e. The molecule has 0 radical (unpaired) electrons. The molecule has 0 aromatic heterocycles. The molecule has 1 aliphatic heterocycles. The van der Waals surface area contributed by atoms with E-state index in [1.165, 1.54) is 19.1 Å². The fraction of sp³-hybridized carbons (Fsp3) is 0.348. The summed E-state index contributed by atoms with van der Waals surface area (Å²) in [6.45, 7) is 1.97. The lowest BCUT2D eigenvalue weighted by atomic mass is 9.94. The second kappa shape index (κ2) is 10.5. The van der Waals surface area contributed by atoms with Gasteiger partial charge in [-0.25, -0.2) is 9.59 Å². The van der Waals surface area contributed by atoms with Crippen molar-refractivity contribution < 1.29 is 33.3 Å². The minimum atomic E-state index is -1.07. The van der Waals surface area contributed by atoms with Crippen molar-refractivity contribution in [3.63, 3.8) is 0 Å². The number of carbonyl (C=O) groups is 3. The Labute approximate surface area is 186 Å². The summed E-state index contributed by atoms with van der Waals surface area (Å²) in [6, 6.07) is 12.3. The molecule has 1 aliphatic rings. The van der Waals surface area contributed by atoms with Crippen LogP contribution >= 0.6 is 0 Å². The largest absolute Gasteiger partial charge is 0.497 e. The Kier molecular flexibility index (Phi) is 7.54. The highest BCUT2D eigenvalue weighted by Gasteiger charge is 2.53. The molecule has 3 rings (SSSR count). The number of benzene rings is 2. The number of hydrogen-bond acceptors (Lipinski definition) is 7. The summed E-state index contributed by atoms with van der Waals surface area (Å²) in [7, 11) is 3.05. The lowest BCUT2D eigenvalue weighted by molar-refractivity contribution is -0.170. The predicted octanol–water partition coefficient (Wildman–Crippen LogP) is 2.27. The number of nitrogens with one attached hydrogen (secondary N) is 1. The third kappa shape index (κ3) is 5.11. The number of β-lactam (4-membered cyclic amide) rings is 1. The van der Waals surface area contributed by atoms with Crippen molar-refractivity contribution in [1.82, 2.24) is 10.2 Å². The number of esters is 1. The van der Waals surface area contributed by atoms with E-state index in [2.05, 4.69) is 5.32 Å². The second-order valence-electron chi connectivity index (χ2n) is 7.02. The predicted molar refractivity (Wildman–Crippen MR) is 114 cm³/mol. The van der Waals surface area contributed by atoms with Gasteiger partial charge in [-0.2, -0.15) is 0 Å². The van der Waals surface area contributed by atoms with Crippen LogP contribution in [0.2, 0.25) is 0 Å². The summed E-state index contributed by atoms with van der Waals surface area (Å²) in [6.07, 6.45) is -0.789. The maximum atomic E-state index is 12.8. The van der Waals surface area contributed by atoms with Crippen LogP contribution in [-0.2, 0) is 32.2 Å². The molecule has 9 heteroatoms. The molecule has 1 N–H and O–H groups in total. The van der Waals surface area contributed by atoms with Gasteiger partial charge < -0.3 is 29.2 Å². The van der Waals surface area contributed by atoms with Crippen molar-refractivity contribution in [3.05, 3.63) is 59.7 Å². The van der Waals surface area contributed by atoms with Gasteiger partial charge in [0.25, 0.3) is 0 Å². The molecular weight excluding hydrogens is 416 g/mol. The Morgan fingerprint density at radius 2 is 1.78 bits per heavy atom. The van der Waals surface area contributed by atoms with Crippen molar-refractivity contribution in [2.75, 3.05) is 20.8 Å². The van der Waals surface area contributed by atoms with E-state index >= 15 is 0 Å². The smallest absolute Gasteiger partial charge is 0.408 e. The minimum absolute atomic E-state index is 0.0460. The third-order valence-electron chi connectivity index (χ3n) is 5.05. The molecule has 1 fully saturated rings. The summed E-state index contributed by atoms with van der Waals surface area (Å²) >= 11 is 0. The quantitative estimate of drug-likeness (QED) is 0.469. The molecule has 2 aromatic carbocycles. The molecule has 2 atom stereocenters. The molecule has 0 bridgehead atoms. The van der Waals surface area contributed by atoms with E-state index in [9.17, 15) is 14.4 Å². The number of alkyl carbamates (subject to hydrolysis) is 1. The summed E-state index contributed by atoms with van der Waals surface area (Å²) in [4.78, 5) is 38.9. The molecule has 0 unspecified atom stereocenters. The number of hydrogen-bond donors (Lipinski definition) is 1. The zero-order chi connectivity index (χ0) is 23.1. The number of carbonyl (C=O) groups excluding carboxylic acids is 3. The lowest BCUT2D eigenvalue weighted by Gasteiger charge is -2.45. The van der Waals surface area contributed by atoms with E-state index in [1.54, 1.807) is 25.1 Å². The topological polar surface area (TPSA) is 103 Å². The van der Waals surface area contributed by atoms with Crippen LogP contribution in [0, 0.1) is 0 Å². The van der Waals surface area contributed by atoms with Gasteiger partial charge in [0.1, 0.15) is 24.1 Å². The summed E-state index contributed by atoms with van der Waals surface area (Å²) < 4.78 is 20.9. The van der Waals surface area contributed by atoms with E-state index in [0.717, 1.165) is 5.56 Å². The Bertz CT molecular complexity index is 964. The van der Waals surface area contributed by atoms with Crippen LogP contribution in [-0.4, -0.2) is 55.8 Å². The van der Waals surface area contributed by atoms with Gasteiger partial charge in [0, 0.05) is 11.6 Å². The molecule has 0 aliphatic carbocycles. The molecule has 2 aromatic rings. The van der Waals surface area contributed by atoms with Gasteiger partial charge in [0.2, 0.25) is 5.91 Å². The van der Waals surface area contributed by atoms with Crippen molar-refractivity contribution in [1.29, 1.82) is 0 Å². The summed E-state index contributed by atoms with van der Waals surface area (Å²) in [5.74, 6) is 0.0899. The fourth-order valence-electron chi connectivity index (χ4n) is 3.41. The molecule has 170 valence electrons. The van der Waals surface area contributed by atoms with Gasteiger partial charge in [0.15, 0.2) is 6.04 Å². The first-order valence-electron chi connectivity index (χ1n) is 10.1. The normalized spacial score (nSPS) is 17.2. The highest BCUT2D eigenvalue weighted by Crippen LogP contribution is 2.30. The van der Waals surface area contributed by atoms with Crippen LogP contribution in [0.25, 0.3) is 0 Å². The van der Waals surface area contributed by atoms with E-state index in [0.29, 0.717) is 17.1 Å². The van der Waals surface area contributed by atoms with Crippen LogP contribution < -0.4 is 14.8 Å². The Morgan fingerprint density at radius 3 is 2.44 bits per heavy atom. The monoisotopic (exact) mass is 442 g/mol. The van der Waals surface area contributed by atoms with Crippen LogP contribution in [0.4, 0.5) is 4.79 Å². The van der Waals surface area contributed by atoms with Crippen molar-refractivity contribution in [2.45, 2.75) is 32.2 Å². The number of rotatable bonds is 9. The van der Waals surface area contributed by atoms with E-state index in [1.807, 2.05) is 30.3 Å². The summed E-state index contributed by atoms with van der Waals surface area (Å²) in [5, 5.41) is 2.48. The SMILES string of the molecule is CCOC(=O)[C@H]1[C@@H](NC(=O)OCc2ccccc2)C(=O)N1Cc1ccc(OC)cc1OC. The maximum Gasteiger partial charge on any atom is 0.408 e. The molecule has 1 saturated heterocycles. The molecule has 9 nitrogen and oxygen atoms in total. The van der Waals surface area contributed by atoms with E-state index in [-0.39, 0.29) is 19.8 Å². The Hall–Kier alpha value is -3.75.